The number of ether oxygens (including phenoxy) is 2. The summed E-state index contributed by atoms with van der Waals surface area (Å²) >= 11 is 0. The molecule has 4 heteroatoms. The van der Waals surface area contributed by atoms with E-state index in [-0.39, 0.29) is 18.1 Å². The number of morpholine rings is 1. The molecule has 0 aromatic heterocycles. The third-order valence-electron chi connectivity index (χ3n) is 2.80. The molecule has 0 N–H and O–H groups in total. The zero-order chi connectivity index (χ0) is 11.3. The molecule has 2 atom stereocenters. The summed E-state index contributed by atoms with van der Waals surface area (Å²) in [6.45, 7) is 8.64. The molecule has 15 heavy (non-hydrogen) atoms. The molecule has 4 nitrogen and oxygen atoms in total. The van der Waals surface area contributed by atoms with E-state index in [0.29, 0.717) is 13.2 Å². The summed E-state index contributed by atoms with van der Waals surface area (Å²) in [5, 5.41) is 0. The van der Waals surface area contributed by atoms with Crippen molar-refractivity contribution in [1.82, 2.24) is 4.90 Å². The van der Waals surface area contributed by atoms with E-state index in [1.165, 1.54) is 0 Å². The molecular weight excluding hydrogens is 194 g/mol. The number of carbonyl (C=O) groups excluding carboxylic acids is 1. The van der Waals surface area contributed by atoms with Crippen LogP contribution in [0, 0.1) is 0 Å². The minimum Gasteiger partial charge on any atom is -0.465 e. The molecule has 0 aliphatic carbocycles. The van der Waals surface area contributed by atoms with Crippen molar-refractivity contribution in [3.05, 3.63) is 0 Å². The van der Waals surface area contributed by atoms with Crippen LogP contribution in [0.3, 0.4) is 0 Å². The van der Waals surface area contributed by atoms with Crippen LogP contribution in [0.1, 0.15) is 27.2 Å². The van der Waals surface area contributed by atoms with Crippen molar-refractivity contribution in [2.45, 2.75) is 39.3 Å². The second kappa shape index (κ2) is 6.08. The van der Waals surface area contributed by atoms with Gasteiger partial charge in [0.25, 0.3) is 0 Å². The van der Waals surface area contributed by atoms with Gasteiger partial charge in [-0.1, -0.05) is 6.92 Å². The zero-order valence-corrected chi connectivity index (χ0v) is 9.86. The van der Waals surface area contributed by atoms with Gasteiger partial charge in [0, 0.05) is 13.1 Å². The van der Waals surface area contributed by atoms with Crippen LogP contribution in [-0.4, -0.2) is 49.3 Å². The molecule has 1 heterocycles. The first-order chi connectivity index (χ1) is 7.19. The maximum atomic E-state index is 11.5. The van der Waals surface area contributed by atoms with Crippen molar-refractivity contribution in [1.29, 1.82) is 0 Å². The van der Waals surface area contributed by atoms with Gasteiger partial charge in [0.15, 0.2) is 0 Å². The normalized spacial score (nSPS) is 24.9. The lowest BCUT2D eigenvalue weighted by Crippen LogP contribution is -2.49. The van der Waals surface area contributed by atoms with Gasteiger partial charge in [-0.25, -0.2) is 0 Å². The van der Waals surface area contributed by atoms with E-state index < -0.39 is 0 Å². The smallest absolute Gasteiger partial charge is 0.323 e. The highest BCUT2D eigenvalue weighted by Crippen LogP contribution is 2.12. The highest BCUT2D eigenvalue weighted by molar-refractivity contribution is 5.75. The lowest BCUT2D eigenvalue weighted by atomic mass is 10.2. The molecule has 0 aromatic carbocycles. The van der Waals surface area contributed by atoms with E-state index in [1.54, 1.807) is 0 Å². The van der Waals surface area contributed by atoms with E-state index in [2.05, 4.69) is 11.8 Å². The standard InChI is InChI=1S/C11H21NO3/c1-4-10-8-12(6-7-15-10)9(3)11(13)14-5-2/h9-10H,4-8H2,1-3H3. The predicted octanol–water partition coefficient (Wildman–Crippen LogP) is 1.05. The Bertz CT molecular complexity index is 208. The van der Waals surface area contributed by atoms with Gasteiger partial charge >= 0.3 is 5.97 Å². The van der Waals surface area contributed by atoms with Crippen LogP contribution < -0.4 is 0 Å². The first-order valence-electron chi connectivity index (χ1n) is 5.71. The average Bonchev–Trinajstić information content (AvgIpc) is 2.28. The van der Waals surface area contributed by atoms with Gasteiger partial charge < -0.3 is 9.47 Å². The maximum absolute atomic E-state index is 11.5. The molecule has 1 rings (SSSR count). The Hall–Kier alpha value is -0.610. The summed E-state index contributed by atoms with van der Waals surface area (Å²) in [6, 6.07) is -0.150. The molecule has 0 amide bonds. The third kappa shape index (κ3) is 3.47. The van der Waals surface area contributed by atoms with Crippen molar-refractivity contribution in [2.75, 3.05) is 26.3 Å². The van der Waals surface area contributed by atoms with Crippen LogP contribution in [0.4, 0.5) is 0 Å². The lowest BCUT2D eigenvalue weighted by molar-refractivity contribution is -0.151. The fourth-order valence-electron chi connectivity index (χ4n) is 1.75. The van der Waals surface area contributed by atoms with E-state index in [0.717, 1.165) is 19.5 Å². The molecule has 0 aromatic rings. The molecule has 0 saturated carbocycles. The second-order valence-corrected chi connectivity index (χ2v) is 3.82. The number of rotatable bonds is 4. The Kier molecular flexibility index (Phi) is 5.05. The van der Waals surface area contributed by atoms with Crippen LogP contribution in [0.5, 0.6) is 0 Å². The fourth-order valence-corrected chi connectivity index (χ4v) is 1.75. The lowest BCUT2D eigenvalue weighted by Gasteiger charge is -2.35. The van der Waals surface area contributed by atoms with Crippen molar-refractivity contribution in [2.24, 2.45) is 0 Å². The third-order valence-corrected chi connectivity index (χ3v) is 2.80. The summed E-state index contributed by atoms with van der Waals surface area (Å²) in [5.41, 5.74) is 0. The molecule has 1 aliphatic heterocycles. The van der Waals surface area contributed by atoms with Crippen LogP contribution in [0.2, 0.25) is 0 Å². The first kappa shape index (κ1) is 12.5. The monoisotopic (exact) mass is 215 g/mol. The van der Waals surface area contributed by atoms with Crippen molar-refractivity contribution < 1.29 is 14.3 Å². The van der Waals surface area contributed by atoms with Gasteiger partial charge in [0.05, 0.1) is 19.3 Å². The minimum absolute atomic E-state index is 0.130. The predicted molar refractivity (Wildman–Crippen MR) is 57.7 cm³/mol. The fraction of sp³-hybridized carbons (Fsp3) is 0.909. The molecule has 0 radical (unpaired) electrons. The molecular formula is C11H21NO3. The van der Waals surface area contributed by atoms with Crippen molar-refractivity contribution in [3.8, 4) is 0 Å². The summed E-state index contributed by atoms with van der Waals surface area (Å²) in [6.07, 6.45) is 1.25. The minimum atomic E-state index is -0.150. The van der Waals surface area contributed by atoms with Gasteiger partial charge in [0.1, 0.15) is 6.04 Å². The number of hydrogen-bond acceptors (Lipinski definition) is 4. The van der Waals surface area contributed by atoms with Crippen LogP contribution >= 0.6 is 0 Å². The van der Waals surface area contributed by atoms with E-state index in [9.17, 15) is 4.79 Å². The van der Waals surface area contributed by atoms with Gasteiger partial charge in [-0.15, -0.1) is 0 Å². The van der Waals surface area contributed by atoms with Crippen LogP contribution in [-0.2, 0) is 14.3 Å². The first-order valence-corrected chi connectivity index (χ1v) is 5.71. The quantitative estimate of drug-likeness (QED) is 0.657. The number of hydrogen-bond donors (Lipinski definition) is 0. The zero-order valence-electron chi connectivity index (χ0n) is 9.86. The number of nitrogens with zero attached hydrogens (tertiary/aromatic N) is 1. The summed E-state index contributed by atoms with van der Waals surface area (Å²) in [7, 11) is 0. The highest BCUT2D eigenvalue weighted by Gasteiger charge is 2.27. The highest BCUT2D eigenvalue weighted by atomic mass is 16.5. The van der Waals surface area contributed by atoms with Crippen LogP contribution in [0.15, 0.2) is 0 Å². The van der Waals surface area contributed by atoms with Gasteiger partial charge in [0.2, 0.25) is 0 Å². The topological polar surface area (TPSA) is 38.8 Å². The SMILES string of the molecule is CCOC(=O)C(C)N1CCOC(CC)C1. The summed E-state index contributed by atoms with van der Waals surface area (Å²) < 4.78 is 10.6. The van der Waals surface area contributed by atoms with E-state index in [4.69, 9.17) is 9.47 Å². The summed E-state index contributed by atoms with van der Waals surface area (Å²) in [5.74, 6) is -0.130. The van der Waals surface area contributed by atoms with Crippen LogP contribution in [0.25, 0.3) is 0 Å². The molecule has 1 fully saturated rings. The molecule has 0 spiro atoms. The Morgan fingerprint density at radius 1 is 1.60 bits per heavy atom. The second-order valence-electron chi connectivity index (χ2n) is 3.82. The molecule has 2 unspecified atom stereocenters. The molecule has 0 bridgehead atoms. The van der Waals surface area contributed by atoms with Crippen molar-refractivity contribution >= 4 is 5.97 Å². The van der Waals surface area contributed by atoms with Gasteiger partial charge in [-0.2, -0.15) is 0 Å². The molecule has 88 valence electrons. The van der Waals surface area contributed by atoms with Gasteiger partial charge in [-0.3, -0.25) is 9.69 Å². The van der Waals surface area contributed by atoms with Crippen molar-refractivity contribution in [3.63, 3.8) is 0 Å². The van der Waals surface area contributed by atoms with E-state index in [1.807, 2.05) is 13.8 Å². The molecule has 1 aliphatic rings. The Balaban J connectivity index is 2.44. The largest absolute Gasteiger partial charge is 0.465 e. The van der Waals surface area contributed by atoms with E-state index >= 15 is 0 Å². The maximum Gasteiger partial charge on any atom is 0.323 e. The molecule has 1 saturated heterocycles. The Labute approximate surface area is 91.5 Å². The Morgan fingerprint density at radius 2 is 2.33 bits per heavy atom. The number of esters is 1. The van der Waals surface area contributed by atoms with Gasteiger partial charge in [-0.05, 0) is 20.3 Å². The Morgan fingerprint density at radius 3 is 2.93 bits per heavy atom. The average molecular weight is 215 g/mol. The summed E-state index contributed by atoms with van der Waals surface area (Å²) in [4.78, 5) is 13.7. The number of carbonyl (C=O) groups is 1.